The molecule has 5 nitrogen and oxygen atoms in total. The van der Waals surface area contributed by atoms with Crippen molar-refractivity contribution >= 4 is 15.7 Å². The summed E-state index contributed by atoms with van der Waals surface area (Å²) in [5, 5.41) is 0. The number of nitrogens with zero attached hydrogens (tertiary/aromatic N) is 1. The van der Waals surface area contributed by atoms with Gasteiger partial charge in [-0.3, -0.25) is 0 Å². The fraction of sp³-hybridized carbons (Fsp3) is 0.571. The Balaban J connectivity index is 2.08. The van der Waals surface area contributed by atoms with E-state index < -0.39 is 10.0 Å². The third kappa shape index (κ3) is 3.31. The fourth-order valence-electron chi connectivity index (χ4n) is 2.29. The van der Waals surface area contributed by atoms with Crippen LogP contribution >= 0.6 is 0 Å². The van der Waals surface area contributed by atoms with Crippen molar-refractivity contribution < 1.29 is 8.42 Å². The maximum atomic E-state index is 12.4. The van der Waals surface area contributed by atoms with Crippen molar-refractivity contribution in [2.24, 2.45) is 0 Å². The monoisotopic (exact) mass is 297 g/mol. The van der Waals surface area contributed by atoms with Gasteiger partial charge >= 0.3 is 0 Å². The first-order chi connectivity index (χ1) is 9.33. The number of benzene rings is 1. The van der Waals surface area contributed by atoms with Crippen molar-refractivity contribution in [3.8, 4) is 0 Å². The largest absolute Gasteiger partial charge is 0.398 e. The van der Waals surface area contributed by atoms with Gasteiger partial charge in [0, 0.05) is 19.1 Å². The standard InChI is InChI=1S/C14H23N3O2S/c1-10-4-7-13(15)14(11(10)2)20(18,19)16-8-9-17(3)12-5-6-12/h4,7,12,16H,5-6,8-9,15H2,1-3H3. The third-order valence-electron chi connectivity index (χ3n) is 3.90. The quantitative estimate of drug-likeness (QED) is 0.775. The number of nitrogens with one attached hydrogen (secondary N) is 1. The van der Waals surface area contributed by atoms with Crippen LogP contribution in [0.15, 0.2) is 17.0 Å². The summed E-state index contributed by atoms with van der Waals surface area (Å²) < 4.78 is 27.4. The highest BCUT2D eigenvalue weighted by Crippen LogP contribution is 2.26. The van der Waals surface area contributed by atoms with Gasteiger partial charge < -0.3 is 10.6 Å². The summed E-state index contributed by atoms with van der Waals surface area (Å²) >= 11 is 0. The van der Waals surface area contributed by atoms with Gasteiger partial charge in [-0.05, 0) is 50.9 Å². The number of aryl methyl sites for hydroxylation is 1. The first-order valence-electron chi connectivity index (χ1n) is 6.88. The van der Waals surface area contributed by atoms with E-state index in [0.717, 1.165) is 5.56 Å². The number of rotatable bonds is 6. The summed E-state index contributed by atoms with van der Waals surface area (Å²) in [6.45, 7) is 4.79. The molecule has 0 aliphatic heterocycles. The van der Waals surface area contributed by atoms with Crippen molar-refractivity contribution in [3.05, 3.63) is 23.3 Å². The minimum absolute atomic E-state index is 0.214. The van der Waals surface area contributed by atoms with Gasteiger partial charge in [-0.1, -0.05) is 6.07 Å². The van der Waals surface area contributed by atoms with Crippen molar-refractivity contribution in [1.29, 1.82) is 0 Å². The molecule has 0 amide bonds. The predicted molar refractivity (Wildman–Crippen MR) is 81.2 cm³/mol. The molecule has 0 unspecified atom stereocenters. The molecule has 0 heterocycles. The van der Waals surface area contributed by atoms with E-state index in [1.807, 2.05) is 20.0 Å². The number of nitrogens with two attached hydrogens (primary N) is 1. The third-order valence-corrected chi connectivity index (χ3v) is 5.57. The molecular weight excluding hydrogens is 274 g/mol. The second-order valence-electron chi connectivity index (χ2n) is 5.54. The van der Waals surface area contributed by atoms with E-state index in [2.05, 4.69) is 9.62 Å². The van der Waals surface area contributed by atoms with Crippen LogP contribution in [0.5, 0.6) is 0 Å². The minimum atomic E-state index is -3.55. The Morgan fingerprint density at radius 2 is 2.00 bits per heavy atom. The van der Waals surface area contributed by atoms with E-state index in [9.17, 15) is 8.42 Å². The molecule has 112 valence electrons. The zero-order chi connectivity index (χ0) is 14.9. The molecule has 3 N–H and O–H groups in total. The van der Waals surface area contributed by atoms with Gasteiger partial charge in [0.1, 0.15) is 4.90 Å². The van der Waals surface area contributed by atoms with Crippen molar-refractivity contribution in [2.75, 3.05) is 25.9 Å². The highest BCUT2D eigenvalue weighted by atomic mass is 32.2. The molecule has 1 aliphatic rings. The van der Waals surface area contributed by atoms with Crippen LogP contribution in [-0.4, -0.2) is 39.5 Å². The zero-order valence-electron chi connectivity index (χ0n) is 12.3. The number of hydrogen-bond acceptors (Lipinski definition) is 4. The van der Waals surface area contributed by atoms with Crippen LogP contribution in [-0.2, 0) is 10.0 Å². The van der Waals surface area contributed by atoms with Gasteiger partial charge in [0.25, 0.3) is 0 Å². The average Bonchev–Trinajstić information content (AvgIpc) is 3.18. The Kier molecular flexibility index (Phi) is 4.36. The molecule has 1 aliphatic carbocycles. The zero-order valence-corrected chi connectivity index (χ0v) is 13.1. The molecule has 1 fully saturated rings. The summed E-state index contributed by atoms with van der Waals surface area (Å²) in [6.07, 6.45) is 2.43. The topological polar surface area (TPSA) is 75.4 Å². The lowest BCUT2D eigenvalue weighted by atomic mass is 10.1. The average molecular weight is 297 g/mol. The number of likely N-dealkylation sites (N-methyl/N-ethyl adjacent to an activating group) is 1. The van der Waals surface area contributed by atoms with E-state index in [-0.39, 0.29) is 4.90 Å². The molecule has 2 rings (SSSR count). The van der Waals surface area contributed by atoms with E-state index >= 15 is 0 Å². The van der Waals surface area contributed by atoms with Crippen molar-refractivity contribution in [2.45, 2.75) is 37.6 Å². The van der Waals surface area contributed by atoms with E-state index in [1.54, 1.807) is 13.0 Å². The van der Waals surface area contributed by atoms with Crippen LogP contribution in [0.2, 0.25) is 0 Å². The minimum Gasteiger partial charge on any atom is -0.398 e. The molecule has 0 spiro atoms. The summed E-state index contributed by atoms with van der Waals surface area (Å²) in [5.41, 5.74) is 7.78. The van der Waals surface area contributed by atoms with Gasteiger partial charge in [0.15, 0.2) is 0 Å². The molecule has 0 bridgehead atoms. The van der Waals surface area contributed by atoms with Crippen LogP contribution < -0.4 is 10.5 Å². The molecule has 0 atom stereocenters. The number of nitrogen functional groups attached to an aromatic ring is 1. The van der Waals surface area contributed by atoms with Gasteiger partial charge in [-0.15, -0.1) is 0 Å². The summed E-state index contributed by atoms with van der Waals surface area (Å²) in [6, 6.07) is 4.11. The predicted octanol–water partition coefficient (Wildman–Crippen LogP) is 1.26. The van der Waals surface area contributed by atoms with E-state index in [1.165, 1.54) is 12.8 Å². The Morgan fingerprint density at radius 3 is 2.60 bits per heavy atom. The van der Waals surface area contributed by atoms with Crippen LogP contribution in [0.3, 0.4) is 0 Å². The lowest BCUT2D eigenvalue weighted by molar-refractivity contribution is 0.329. The number of hydrogen-bond donors (Lipinski definition) is 2. The summed E-state index contributed by atoms with van der Waals surface area (Å²) in [4.78, 5) is 2.40. The Labute approximate surface area is 121 Å². The lowest BCUT2D eigenvalue weighted by Crippen LogP contribution is -2.34. The Morgan fingerprint density at radius 1 is 1.35 bits per heavy atom. The van der Waals surface area contributed by atoms with E-state index in [0.29, 0.717) is 30.4 Å². The molecule has 1 aromatic carbocycles. The van der Waals surface area contributed by atoms with Gasteiger partial charge in [0.2, 0.25) is 10.0 Å². The molecule has 6 heteroatoms. The Hall–Kier alpha value is -1.11. The van der Waals surface area contributed by atoms with Gasteiger partial charge in [-0.2, -0.15) is 0 Å². The highest BCUT2D eigenvalue weighted by molar-refractivity contribution is 7.89. The first kappa shape index (κ1) is 15.3. The van der Waals surface area contributed by atoms with Crippen LogP contribution in [0, 0.1) is 13.8 Å². The normalized spacial score (nSPS) is 15.8. The molecule has 1 aromatic rings. The molecule has 0 saturated heterocycles. The van der Waals surface area contributed by atoms with Crippen LogP contribution in [0.25, 0.3) is 0 Å². The van der Waals surface area contributed by atoms with E-state index in [4.69, 9.17) is 5.73 Å². The van der Waals surface area contributed by atoms with Crippen molar-refractivity contribution in [3.63, 3.8) is 0 Å². The van der Waals surface area contributed by atoms with Gasteiger partial charge in [-0.25, -0.2) is 13.1 Å². The lowest BCUT2D eigenvalue weighted by Gasteiger charge is -2.17. The molecular formula is C14H23N3O2S. The molecule has 1 saturated carbocycles. The molecule has 20 heavy (non-hydrogen) atoms. The van der Waals surface area contributed by atoms with Crippen molar-refractivity contribution in [1.82, 2.24) is 9.62 Å². The first-order valence-corrected chi connectivity index (χ1v) is 8.37. The van der Waals surface area contributed by atoms with Crippen LogP contribution in [0.1, 0.15) is 24.0 Å². The second kappa shape index (κ2) is 5.71. The number of sulfonamides is 1. The fourth-order valence-corrected chi connectivity index (χ4v) is 3.74. The summed E-state index contributed by atoms with van der Waals surface area (Å²) in [7, 11) is -1.52. The maximum absolute atomic E-state index is 12.4. The van der Waals surface area contributed by atoms with Gasteiger partial charge in [0.05, 0.1) is 5.69 Å². The summed E-state index contributed by atoms with van der Waals surface area (Å²) in [5.74, 6) is 0. The smallest absolute Gasteiger partial charge is 0.242 e. The Bertz CT molecular complexity index is 595. The SMILES string of the molecule is Cc1ccc(N)c(S(=O)(=O)NCCN(C)C2CC2)c1C. The molecule has 0 radical (unpaired) electrons. The molecule has 0 aromatic heterocycles. The highest BCUT2D eigenvalue weighted by Gasteiger charge is 2.26. The number of anilines is 1. The van der Waals surface area contributed by atoms with Crippen LogP contribution in [0.4, 0.5) is 5.69 Å². The maximum Gasteiger partial charge on any atom is 0.242 e. The second-order valence-corrected chi connectivity index (χ2v) is 7.24.